The van der Waals surface area contributed by atoms with Crippen molar-refractivity contribution in [2.45, 2.75) is 0 Å². The van der Waals surface area contributed by atoms with E-state index in [1.165, 1.54) is 18.4 Å². The zero-order valence-electron chi connectivity index (χ0n) is 11.1. The Morgan fingerprint density at radius 2 is 2.10 bits per heavy atom. The van der Waals surface area contributed by atoms with Gasteiger partial charge in [0.05, 0.1) is 12.8 Å². The molecule has 0 bridgehead atoms. The van der Waals surface area contributed by atoms with Gasteiger partial charge in [0.2, 0.25) is 6.79 Å². The van der Waals surface area contributed by atoms with Crippen molar-refractivity contribution in [2.24, 2.45) is 0 Å². The summed E-state index contributed by atoms with van der Waals surface area (Å²) in [7, 11) is 3.15. The molecular weight excluding hydrogens is 278 g/mol. The molecule has 0 aliphatic carbocycles. The highest BCUT2D eigenvalue weighted by molar-refractivity contribution is 7.18. The van der Waals surface area contributed by atoms with Gasteiger partial charge in [0, 0.05) is 11.9 Å². The van der Waals surface area contributed by atoms with E-state index in [1.54, 1.807) is 7.05 Å². The number of thiophene rings is 1. The summed E-state index contributed by atoms with van der Waals surface area (Å²) in [4.78, 5) is 13.3. The van der Waals surface area contributed by atoms with Gasteiger partial charge in [-0.3, -0.25) is 0 Å². The van der Waals surface area contributed by atoms with Crippen molar-refractivity contribution in [1.29, 1.82) is 0 Å². The number of methoxy groups -OCH3 is 1. The van der Waals surface area contributed by atoms with Crippen LogP contribution < -0.4 is 14.8 Å². The summed E-state index contributed by atoms with van der Waals surface area (Å²) >= 11 is 1.38. The average Bonchev–Trinajstić information content (AvgIpc) is 3.11. The van der Waals surface area contributed by atoms with Crippen LogP contribution in [0.3, 0.4) is 0 Å². The molecule has 6 heteroatoms. The second-order valence-corrected chi connectivity index (χ2v) is 5.22. The van der Waals surface area contributed by atoms with E-state index in [0.29, 0.717) is 4.88 Å². The number of ether oxygens (including phenoxy) is 3. The minimum Gasteiger partial charge on any atom is -0.465 e. The lowest BCUT2D eigenvalue weighted by Gasteiger charge is -1.99. The van der Waals surface area contributed by atoms with Crippen LogP contribution in [0.25, 0.3) is 10.4 Å². The van der Waals surface area contributed by atoms with Crippen LogP contribution >= 0.6 is 11.3 Å². The van der Waals surface area contributed by atoms with Crippen molar-refractivity contribution >= 4 is 23.0 Å². The van der Waals surface area contributed by atoms with Crippen molar-refractivity contribution < 1.29 is 19.0 Å². The van der Waals surface area contributed by atoms with Crippen molar-refractivity contribution in [2.75, 3.05) is 26.3 Å². The highest BCUT2D eigenvalue weighted by Crippen LogP contribution is 2.40. The van der Waals surface area contributed by atoms with Gasteiger partial charge in [-0.25, -0.2) is 4.79 Å². The van der Waals surface area contributed by atoms with Crippen LogP contribution in [-0.2, 0) is 4.74 Å². The van der Waals surface area contributed by atoms with Crippen LogP contribution in [0.5, 0.6) is 11.5 Å². The molecule has 0 fully saturated rings. The first-order chi connectivity index (χ1) is 9.72. The molecule has 1 N–H and O–H groups in total. The van der Waals surface area contributed by atoms with Gasteiger partial charge in [0.15, 0.2) is 11.5 Å². The minimum absolute atomic E-state index is 0.248. The Balaban J connectivity index is 2.02. The monoisotopic (exact) mass is 291 g/mol. The van der Waals surface area contributed by atoms with Crippen molar-refractivity contribution in [3.05, 3.63) is 29.1 Å². The fourth-order valence-electron chi connectivity index (χ4n) is 2.01. The van der Waals surface area contributed by atoms with E-state index in [4.69, 9.17) is 14.2 Å². The van der Waals surface area contributed by atoms with Crippen LogP contribution in [0.15, 0.2) is 24.3 Å². The Morgan fingerprint density at radius 1 is 1.30 bits per heavy atom. The lowest BCUT2D eigenvalue weighted by atomic mass is 10.1. The number of benzene rings is 1. The fourth-order valence-corrected chi connectivity index (χ4v) is 3.09. The molecule has 0 unspecified atom stereocenters. The molecule has 0 saturated carbocycles. The molecule has 0 amide bonds. The second-order valence-electron chi connectivity index (χ2n) is 4.16. The summed E-state index contributed by atoms with van der Waals surface area (Å²) < 4.78 is 15.4. The summed E-state index contributed by atoms with van der Waals surface area (Å²) in [5.74, 6) is 1.13. The summed E-state index contributed by atoms with van der Waals surface area (Å²) in [6, 6.07) is 7.65. The van der Waals surface area contributed by atoms with Crippen molar-refractivity contribution in [1.82, 2.24) is 0 Å². The maximum Gasteiger partial charge on any atom is 0.350 e. The smallest absolute Gasteiger partial charge is 0.350 e. The zero-order chi connectivity index (χ0) is 14.1. The molecule has 3 rings (SSSR count). The maximum atomic E-state index is 11.7. The largest absolute Gasteiger partial charge is 0.465 e. The van der Waals surface area contributed by atoms with E-state index in [1.807, 2.05) is 24.3 Å². The highest BCUT2D eigenvalue weighted by Gasteiger charge is 2.19. The number of nitrogens with one attached hydrogen (secondary N) is 1. The molecule has 0 atom stereocenters. The molecule has 104 valence electrons. The second kappa shape index (κ2) is 5.05. The molecular formula is C14H13NO4S. The van der Waals surface area contributed by atoms with Gasteiger partial charge < -0.3 is 19.5 Å². The zero-order valence-corrected chi connectivity index (χ0v) is 11.9. The number of esters is 1. The molecule has 0 radical (unpaired) electrons. The number of hydrogen-bond donors (Lipinski definition) is 1. The van der Waals surface area contributed by atoms with Crippen LogP contribution in [0, 0.1) is 0 Å². The van der Waals surface area contributed by atoms with Gasteiger partial charge in [0.1, 0.15) is 4.88 Å². The lowest BCUT2D eigenvalue weighted by molar-refractivity contribution is 0.0607. The number of anilines is 1. The molecule has 0 saturated heterocycles. The molecule has 1 aliphatic rings. The number of carbonyl (C=O) groups is 1. The Bertz CT molecular complexity index is 665. The Hall–Kier alpha value is -2.21. The predicted molar refractivity (Wildman–Crippen MR) is 76.8 cm³/mol. The van der Waals surface area contributed by atoms with Gasteiger partial charge >= 0.3 is 5.97 Å². The van der Waals surface area contributed by atoms with Crippen molar-refractivity contribution in [3.63, 3.8) is 0 Å². The van der Waals surface area contributed by atoms with E-state index in [-0.39, 0.29) is 12.8 Å². The van der Waals surface area contributed by atoms with Crippen LogP contribution in [-0.4, -0.2) is 26.9 Å². The Labute approximate surface area is 120 Å². The molecule has 20 heavy (non-hydrogen) atoms. The molecule has 2 aromatic rings. The first-order valence-electron chi connectivity index (χ1n) is 6.03. The van der Waals surface area contributed by atoms with Crippen molar-refractivity contribution in [3.8, 4) is 21.9 Å². The van der Waals surface area contributed by atoms with E-state index >= 15 is 0 Å². The number of hydrogen-bond acceptors (Lipinski definition) is 6. The lowest BCUT2D eigenvalue weighted by Crippen LogP contribution is -2.01. The molecule has 1 aliphatic heterocycles. The van der Waals surface area contributed by atoms with E-state index in [0.717, 1.165) is 27.6 Å². The van der Waals surface area contributed by atoms with Gasteiger partial charge in [0.25, 0.3) is 0 Å². The molecule has 0 spiro atoms. The third-order valence-electron chi connectivity index (χ3n) is 3.03. The van der Waals surface area contributed by atoms with Gasteiger partial charge in [-0.2, -0.15) is 0 Å². The Morgan fingerprint density at radius 3 is 2.85 bits per heavy atom. The summed E-state index contributed by atoms with van der Waals surface area (Å²) in [5.41, 5.74) is 1.74. The summed E-state index contributed by atoms with van der Waals surface area (Å²) in [6.45, 7) is 0.248. The number of rotatable bonds is 3. The SMILES string of the molecule is CNc1cc(-c2ccc3c(c2)OCO3)sc1C(=O)OC. The molecule has 1 aromatic heterocycles. The minimum atomic E-state index is -0.341. The van der Waals surface area contributed by atoms with E-state index < -0.39 is 0 Å². The quantitative estimate of drug-likeness (QED) is 0.881. The van der Waals surface area contributed by atoms with Crippen LogP contribution in [0.1, 0.15) is 9.67 Å². The van der Waals surface area contributed by atoms with Gasteiger partial charge in [-0.05, 0) is 29.8 Å². The molecule has 2 heterocycles. The fraction of sp³-hybridized carbons (Fsp3) is 0.214. The van der Waals surface area contributed by atoms with Crippen LogP contribution in [0.4, 0.5) is 5.69 Å². The summed E-state index contributed by atoms with van der Waals surface area (Å²) in [5, 5.41) is 3.01. The number of fused-ring (bicyclic) bond motifs is 1. The first-order valence-corrected chi connectivity index (χ1v) is 6.84. The predicted octanol–water partition coefficient (Wildman–Crippen LogP) is 2.97. The summed E-state index contributed by atoms with van der Waals surface area (Å²) in [6.07, 6.45) is 0. The van der Waals surface area contributed by atoms with Gasteiger partial charge in [-0.1, -0.05) is 0 Å². The van der Waals surface area contributed by atoms with Gasteiger partial charge in [-0.15, -0.1) is 11.3 Å². The highest BCUT2D eigenvalue weighted by atomic mass is 32.1. The standard InChI is InChI=1S/C14H13NO4S/c1-15-9-6-12(20-13(9)14(16)17-2)8-3-4-10-11(5-8)19-7-18-10/h3-6,15H,7H2,1-2H3. The van der Waals surface area contributed by atoms with E-state index in [2.05, 4.69) is 5.32 Å². The van der Waals surface area contributed by atoms with E-state index in [9.17, 15) is 4.79 Å². The Kier molecular flexibility index (Phi) is 3.23. The topological polar surface area (TPSA) is 56.8 Å². The van der Waals surface area contributed by atoms with Crippen LogP contribution in [0.2, 0.25) is 0 Å². The average molecular weight is 291 g/mol. The third kappa shape index (κ3) is 2.08. The molecule has 1 aromatic carbocycles. The normalized spacial score (nSPS) is 12.3. The first kappa shape index (κ1) is 12.8. The number of carbonyl (C=O) groups excluding carboxylic acids is 1. The molecule has 5 nitrogen and oxygen atoms in total. The maximum absolute atomic E-state index is 11.7. The third-order valence-corrected chi connectivity index (χ3v) is 4.19.